The Morgan fingerprint density at radius 1 is 1.03 bits per heavy atom. The number of benzene rings is 2. The van der Waals surface area contributed by atoms with E-state index in [1.165, 1.54) is 11.8 Å². The summed E-state index contributed by atoms with van der Waals surface area (Å²) in [6, 6.07) is 15.3. The highest BCUT2D eigenvalue weighted by molar-refractivity contribution is 7.99. The lowest BCUT2D eigenvalue weighted by atomic mass is 10.0. The number of aromatic nitrogens is 2. The standard InChI is InChI=1S/C24H29N3O2S/c1-15(2)17(5)25-22(28)14-30-24-26-20-12-8-6-11-19(20)23(29)27(24)21-13-9-7-10-18(21)16(3)4/h6-13,15-17H,14H2,1-5H3,(H,25,28)/t17-/m1/s1. The second-order valence-corrected chi connectivity index (χ2v) is 9.10. The molecule has 30 heavy (non-hydrogen) atoms. The minimum Gasteiger partial charge on any atom is -0.353 e. The number of hydrogen-bond donors (Lipinski definition) is 1. The smallest absolute Gasteiger partial charge is 0.266 e. The zero-order chi connectivity index (χ0) is 21.8. The van der Waals surface area contributed by atoms with Gasteiger partial charge in [0.2, 0.25) is 5.91 Å². The first-order valence-corrected chi connectivity index (χ1v) is 11.3. The molecule has 0 unspecified atom stereocenters. The Morgan fingerprint density at radius 3 is 2.40 bits per heavy atom. The second kappa shape index (κ2) is 9.47. The zero-order valence-electron chi connectivity index (χ0n) is 18.2. The molecule has 158 valence electrons. The summed E-state index contributed by atoms with van der Waals surface area (Å²) in [5, 5.41) is 4.11. The van der Waals surface area contributed by atoms with Crippen molar-refractivity contribution in [2.75, 3.05) is 5.75 Å². The average molecular weight is 424 g/mol. The summed E-state index contributed by atoms with van der Waals surface area (Å²) in [5.41, 5.74) is 2.40. The Labute approximate surface area is 181 Å². The van der Waals surface area contributed by atoms with Gasteiger partial charge in [0.05, 0.1) is 22.3 Å². The minimum atomic E-state index is -0.118. The maximum absolute atomic E-state index is 13.4. The largest absolute Gasteiger partial charge is 0.353 e. The number of carbonyl (C=O) groups excluding carboxylic acids is 1. The van der Waals surface area contributed by atoms with Crippen LogP contribution < -0.4 is 10.9 Å². The van der Waals surface area contributed by atoms with Crippen LogP contribution in [0.3, 0.4) is 0 Å². The average Bonchev–Trinajstić information content (AvgIpc) is 2.72. The van der Waals surface area contributed by atoms with Gasteiger partial charge < -0.3 is 5.32 Å². The molecule has 1 N–H and O–H groups in total. The number of carbonyl (C=O) groups is 1. The van der Waals surface area contributed by atoms with Gasteiger partial charge in [-0.15, -0.1) is 0 Å². The quantitative estimate of drug-likeness (QED) is 0.439. The predicted octanol–water partition coefficient (Wildman–Crippen LogP) is 4.76. The fourth-order valence-electron chi connectivity index (χ4n) is 3.19. The van der Waals surface area contributed by atoms with E-state index in [0.29, 0.717) is 22.0 Å². The molecule has 1 heterocycles. The van der Waals surface area contributed by atoms with Crippen LogP contribution in [0.5, 0.6) is 0 Å². The molecule has 1 atom stereocenters. The van der Waals surface area contributed by atoms with Gasteiger partial charge in [0.15, 0.2) is 5.16 Å². The molecular formula is C24H29N3O2S. The molecular weight excluding hydrogens is 394 g/mol. The Kier molecular flexibility index (Phi) is 6.98. The number of hydrogen-bond acceptors (Lipinski definition) is 4. The van der Waals surface area contributed by atoms with Crippen molar-refractivity contribution in [3.8, 4) is 5.69 Å². The summed E-state index contributed by atoms with van der Waals surface area (Å²) in [6.07, 6.45) is 0. The molecule has 0 aliphatic heterocycles. The Bertz CT molecular complexity index is 1110. The zero-order valence-corrected chi connectivity index (χ0v) is 19.0. The number of fused-ring (bicyclic) bond motifs is 1. The van der Waals surface area contributed by atoms with Gasteiger partial charge >= 0.3 is 0 Å². The van der Waals surface area contributed by atoms with Crippen LogP contribution in [0.1, 0.15) is 46.1 Å². The van der Waals surface area contributed by atoms with E-state index in [2.05, 4.69) is 33.0 Å². The van der Waals surface area contributed by atoms with Crippen molar-refractivity contribution in [3.63, 3.8) is 0 Å². The van der Waals surface area contributed by atoms with Crippen molar-refractivity contribution in [2.45, 2.75) is 51.7 Å². The topological polar surface area (TPSA) is 64.0 Å². The van der Waals surface area contributed by atoms with E-state index in [9.17, 15) is 9.59 Å². The first kappa shape index (κ1) is 22.1. The van der Waals surface area contributed by atoms with Crippen LogP contribution in [-0.2, 0) is 4.79 Å². The van der Waals surface area contributed by atoms with E-state index in [4.69, 9.17) is 4.98 Å². The maximum atomic E-state index is 13.4. The van der Waals surface area contributed by atoms with Crippen LogP contribution in [0.2, 0.25) is 0 Å². The molecule has 0 saturated heterocycles. The monoisotopic (exact) mass is 423 g/mol. The molecule has 0 aliphatic carbocycles. The van der Waals surface area contributed by atoms with Gasteiger partial charge in [0, 0.05) is 6.04 Å². The third kappa shape index (κ3) is 4.75. The van der Waals surface area contributed by atoms with Crippen molar-refractivity contribution in [1.29, 1.82) is 0 Å². The molecule has 6 heteroatoms. The number of amides is 1. The van der Waals surface area contributed by atoms with Crippen LogP contribution >= 0.6 is 11.8 Å². The van der Waals surface area contributed by atoms with Gasteiger partial charge in [-0.25, -0.2) is 4.98 Å². The maximum Gasteiger partial charge on any atom is 0.266 e. The van der Waals surface area contributed by atoms with Gasteiger partial charge in [-0.05, 0) is 42.5 Å². The Morgan fingerprint density at radius 2 is 1.70 bits per heavy atom. The van der Waals surface area contributed by atoms with Gasteiger partial charge in [-0.2, -0.15) is 0 Å². The van der Waals surface area contributed by atoms with E-state index in [1.54, 1.807) is 10.6 Å². The highest BCUT2D eigenvalue weighted by Gasteiger charge is 2.18. The third-order valence-electron chi connectivity index (χ3n) is 5.27. The lowest BCUT2D eigenvalue weighted by Gasteiger charge is -2.19. The molecule has 0 fully saturated rings. The fraction of sp³-hybridized carbons (Fsp3) is 0.375. The summed E-state index contributed by atoms with van der Waals surface area (Å²) >= 11 is 1.29. The number of para-hydroxylation sites is 2. The van der Waals surface area contributed by atoms with Gasteiger partial charge in [0.25, 0.3) is 5.56 Å². The molecule has 5 nitrogen and oxygen atoms in total. The van der Waals surface area contributed by atoms with E-state index in [0.717, 1.165) is 11.3 Å². The highest BCUT2D eigenvalue weighted by Crippen LogP contribution is 2.27. The lowest BCUT2D eigenvalue weighted by Crippen LogP contribution is -2.37. The fourth-order valence-corrected chi connectivity index (χ4v) is 4.01. The molecule has 0 radical (unpaired) electrons. The highest BCUT2D eigenvalue weighted by atomic mass is 32.2. The first-order chi connectivity index (χ1) is 14.3. The molecule has 0 aliphatic rings. The van der Waals surface area contributed by atoms with Crippen molar-refractivity contribution in [2.24, 2.45) is 5.92 Å². The molecule has 2 aromatic carbocycles. The predicted molar refractivity (Wildman–Crippen MR) is 125 cm³/mol. The van der Waals surface area contributed by atoms with Crippen molar-refractivity contribution >= 4 is 28.6 Å². The molecule has 3 rings (SSSR count). The normalized spacial score (nSPS) is 12.5. The summed E-state index contributed by atoms with van der Waals surface area (Å²) in [6.45, 7) is 10.3. The SMILES string of the molecule is CC(C)c1ccccc1-n1c(SCC(=O)N[C@H](C)C(C)C)nc2ccccc2c1=O. The molecule has 0 spiro atoms. The Hall–Kier alpha value is -2.60. The number of rotatable bonds is 7. The Balaban J connectivity index is 2.07. The van der Waals surface area contributed by atoms with E-state index in [1.807, 2.05) is 49.4 Å². The van der Waals surface area contributed by atoms with Crippen LogP contribution in [-0.4, -0.2) is 27.3 Å². The van der Waals surface area contributed by atoms with Crippen molar-refractivity contribution < 1.29 is 4.79 Å². The molecule has 0 bridgehead atoms. The third-order valence-corrected chi connectivity index (χ3v) is 6.20. The lowest BCUT2D eigenvalue weighted by molar-refractivity contribution is -0.119. The molecule has 3 aromatic rings. The van der Waals surface area contributed by atoms with Crippen LogP contribution in [0.15, 0.2) is 58.5 Å². The molecule has 1 aromatic heterocycles. The van der Waals surface area contributed by atoms with Gasteiger partial charge in [-0.1, -0.05) is 69.8 Å². The second-order valence-electron chi connectivity index (χ2n) is 8.15. The molecule has 1 amide bonds. The molecule has 0 saturated carbocycles. The minimum absolute atomic E-state index is 0.0627. The van der Waals surface area contributed by atoms with Crippen LogP contribution in [0.25, 0.3) is 16.6 Å². The van der Waals surface area contributed by atoms with E-state index < -0.39 is 0 Å². The van der Waals surface area contributed by atoms with E-state index >= 15 is 0 Å². The number of nitrogens with zero attached hydrogens (tertiary/aromatic N) is 2. The summed E-state index contributed by atoms with van der Waals surface area (Å²) in [7, 11) is 0. The van der Waals surface area contributed by atoms with Crippen LogP contribution in [0.4, 0.5) is 0 Å². The first-order valence-electron chi connectivity index (χ1n) is 10.3. The summed E-state index contributed by atoms with van der Waals surface area (Å²) < 4.78 is 1.65. The summed E-state index contributed by atoms with van der Waals surface area (Å²) in [5.74, 6) is 0.736. The van der Waals surface area contributed by atoms with Crippen molar-refractivity contribution in [3.05, 3.63) is 64.4 Å². The van der Waals surface area contributed by atoms with Gasteiger partial charge in [0.1, 0.15) is 0 Å². The summed E-state index contributed by atoms with van der Waals surface area (Å²) in [4.78, 5) is 30.6. The van der Waals surface area contributed by atoms with Gasteiger partial charge in [-0.3, -0.25) is 14.2 Å². The number of thioether (sulfide) groups is 1. The van der Waals surface area contributed by atoms with Crippen molar-refractivity contribution in [1.82, 2.24) is 14.9 Å². The van der Waals surface area contributed by atoms with Crippen LogP contribution in [0, 0.1) is 5.92 Å². The van der Waals surface area contributed by atoms with E-state index in [-0.39, 0.29) is 29.2 Å². The number of nitrogens with one attached hydrogen (secondary N) is 1.